The molecule has 0 saturated carbocycles. The van der Waals surface area contributed by atoms with Gasteiger partial charge in [-0.3, -0.25) is 4.57 Å². The van der Waals surface area contributed by atoms with Gasteiger partial charge in [-0.25, -0.2) is 4.98 Å². The zero-order valence-electron chi connectivity index (χ0n) is 34.1. The molecule has 0 N–H and O–H groups in total. The lowest BCUT2D eigenvalue weighted by Crippen LogP contribution is -2.06. The maximum Gasteiger partial charge on any atom is 0.238 e. The molecule has 0 amide bonds. The van der Waals surface area contributed by atoms with E-state index in [4.69, 9.17) is 15.0 Å². The van der Waals surface area contributed by atoms with Crippen LogP contribution in [0.15, 0.2) is 218 Å². The van der Waals surface area contributed by atoms with Crippen LogP contribution in [0.1, 0.15) is 22.6 Å². The van der Waals surface area contributed by atoms with Crippen molar-refractivity contribution in [2.24, 2.45) is 0 Å². The van der Waals surface area contributed by atoms with Crippen molar-refractivity contribution in [3.63, 3.8) is 0 Å². The Morgan fingerprint density at radius 3 is 1.68 bits per heavy atom. The lowest BCUT2D eigenvalue weighted by atomic mass is 9.88. The first-order valence-corrected chi connectivity index (χ1v) is 21.5. The smallest absolute Gasteiger partial charge is 0.238 e. The zero-order valence-corrected chi connectivity index (χ0v) is 34.1. The van der Waals surface area contributed by atoms with E-state index in [0.29, 0.717) is 17.6 Å². The maximum absolute atomic E-state index is 5.22. The average Bonchev–Trinajstić information content (AvgIpc) is 4.01. The van der Waals surface area contributed by atoms with Gasteiger partial charge in [0.25, 0.3) is 0 Å². The van der Waals surface area contributed by atoms with Crippen LogP contribution in [-0.2, 0) is 0 Å². The highest BCUT2D eigenvalue weighted by Crippen LogP contribution is 2.52. The molecular formula is C58H37N5. The van der Waals surface area contributed by atoms with Gasteiger partial charge in [-0.2, -0.15) is 9.97 Å². The standard InChI is InChI=1S/C58H37N5/c1-4-18-37(19-5-1)52-44-27-10-11-28-45(44)53-42(30-17-31-48(52)53)40-24-16-25-41(36-40)62-49-32-14-12-26-43(49)46-34-35-51-54(55(46)62)47-29-13-15-33-50(47)63(51)58-60-56(38-20-6-2-7-21-38)59-57(61-58)39-22-8-3-9-23-39/h1-36,52H. The molecule has 1 aliphatic rings. The third-order valence-electron chi connectivity index (χ3n) is 12.9. The number of fused-ring (bicyclic) bond motifs is 10. The summed E-state index contributed by atoms with van der Waals surface area (Å²) in [6, 6.07) is 78.1. The van der Waals surface area contributed by atoms with Gasteiger partial charge in [0, 0.05) is 44.3 Å². The first kappa shape index (κ1) is 35.4. The summed E-state index contributed by atoms with van der Waals surface area (Å²) in [6.45, 7) is 0. The molecular weight excluding hydrogens is 767 g/mol. The van der Waals surface area contributed by atoms with Crippen LogP contribution in [-0.4, -0.2) is 24.1 Å². The van der Waals surface area contributed by atoms with E-state index >= 15 is 0 Å². The Kier molecular flexibility index (Phi) is 7.90. The number of para-hydroxylation sites is 2. The SMILES string of the molecule is c1ccc(-c2nc(-c3ccccc3)nc(-n3c4ccccc4c4c3ccc3c5ccccc5n(-c5cccc(-c6cccc7c6-c6ccccc6C7c6ccccc6)c5)c34)n2)cc1. The summed E-state index contributed by atoms with van der Waals surface area (Å²) in [5, 5.41) is 4.67. The minimum Gasteiger partial charge on any atom is -0.309 e. The van der Waals surface area contributed by atoms with Gasteiger partial charge in [0.15, 0.2) is 11.6 Å². The molecule has 3 aromatic heterocycles. The minimum absolute atomic E-state index is 0.181. The fourth-order valence-electron chi connectivity index (χ4n) is 10.2. The van der Waals surface area contributed by atoms with E-state index < -0.39 is 0 Å². The highest BCUT2D eigenvalue weighted by molar-refractivity contribution is 6.26. The van der Waals surface area contributed by atoms with E-state index in [1.54, 1.807) is 0 Å². The first-order valence-electron chi connectivity index (χ1n) is 21.5. The Bertz CT molecular complexity index is 3680. The molecule has 9 aromatic carbocycles. The van der Waals surface area contributed by atoms with Crippen molar-refractivity contribution in [2.75, 3.05) is 0 Å². The van der Waals surface area contributed by atoms with Gasteiger partial charge in [-0.1, -0.05) is 188 Å². The summed E-state index contributed by atoms with van der Waals surface area (Å²) in [6.07, 6.45) is 0. The van der Waals surface area contributed by atoms with Crippen molar-refractivity contribution >= 4 is 43.6 Å². The van der Waals surface area contributed by atoms with Crippen molar-refractivity contribution in [1.29, 1.82) is 0 Å². The summed E-state index contributed by atoms with van der Waals surface area (Å²) >= 11 is 0. The second kappa shape index (κ2) is 14.1. The quantitative estimate of drug-likeness (QED) is 0.168. The van der Waals surface area contributed by atoms with Crippen molar-refractivity contribution in [1.82, 2.24) is 24.1 Å². The van der Waals surface area contributed by atoms with Gasteiger partial charge in [0.2, 0.25) is 5.95 Å². The summed E-state index contributed by atoms with van der Waals surface area (Å²) in [7, 11) is 0. The van der Waals surface area contributed by atoms with E-state index in [-0.39, 0.29) is 5.92 Å². The molecule has 3 heterocycles. The van der Waals surface area contributed by atoms with Gasteiger partial charge in [0.1, 0.15) is 0 Å². The number of aromatic nitrogens is 5. The largest absolute Gasteiger partial charge is 0.309 e. The molecule has 0 radical (unpaired) electrons. The van der Waals surface area contributed by atoms with Crippen LogP contribution in [0.25, 0.3) is 100 Å². The molecule has 5 nitrogen and oxygen atoms in total. The van der Waals surface area contributed by atoms with E-state index in [1.165, 1.54) is 49.7 Å². The maximum atomic E-state index is 5.22. The number of benzene rings is 9. The van der Waals surface area contributed by atoms with E-state index in [0.717, 1.165) is 49.7 Å². The highest BCUT2D eigenvalue weighted by atomic mass is 15.2. The Balaban J connectivity index is 1.06. The predicted octanol–water partition coefficient (Wildman–Crippen LogP) is 14.2. The third-order valence-corrected chi connectivity index (χ3v) is 12.9. The topological polar surface area (TPSA) is 48.5 Å². The molecule has 1 atom stereocenters. The Labute approximate surface area is 363 Å². The molecule has 0 spiro atoms. The molecule has 63 heavy (non-hydrogen) atoms. The van der Waals surface area contributed by atoms with Crippen LogP contribution in [0.4, 0.5) is 0 Å². The van der Waals surface area contributed by atoms with Crippen LogP contribution >= 0.6 is 0 Å². The molecule has 0 saturated heterocycles. The average molecular weight is 804 g/mol. The molecule has 294 valence electrons. The molecule has 0 fully saturated rings. The minimum atomic E-state index is 0.181. The van der Waals surface area contributed by atoms with Crippen LogP contribution in [0.2, 0.25) is 0 Å². The summed E-state index contributed by atoms with van der Waals surface area (Å²) in [4.78, 5) is 15.5. The van der Waals surface area contributed by atoms with Crippen molar-refractivity contribution in [3.8, 4) is 56.7 Å². The summed E-state index contributed by atoms with van der Waals surface area (Å²) in [5.41, 5.74) is 16.4. The summed E-state index contributed by atoms with van der Waals surface area (Å²) < 4.78 is 4.69. The molecule has 1 unspecified atom stereocenters. The first-order chi connectivity index (χ1) is 31.3. The van der Waals surface area contributed by atoms with Crippen molar-refractivity contribution in [2.45, 2.75) is 5.92 Å². The fourth-order valence-corrected chi connectivity index (χ4v) is 10.2. The van der Waals surface area contributed by atoms with E-state index in [1.807, 2.05) is 36.4 Å². The molecule has 0 bridgehead atoms. The number of rotatable bonds is 6. The molecule has 12 aromatic rings. The van der Waals surface area contributed by atoms with Crippen molar-refractivity contribution in [3.05, 3.63) is 235 Å². The predicted molar refractivity (Wildman–Crippen MR) is 258 cm³/mol. The normalized spacial score (nSPS) is 13.2. The Morgan fingerprint density at radius 2 is 0.937 bits per heavy atom. The van der Waals surface area contributed by atoms with Crippen LogP contribution in [0, 0.1) is 0 Å². The number of hydrogen-bond acceptors (Lipinski definition) is 3. The Hall–Kier alpha value is -8.41. The lowest BCUT2D eigenvalue weighted by molar-refractivity contribution is 0.953. The van der Waals surface area contributed by atoms with Crippen LogP contribution < -0.4 is 0 Å². The van der Waals surface area contributed by atoms with Crippen molar-refractivity contribution < 1.29 is 0 Å². The molecule has 1 aliphatic carbocycles. The van der Waals surface area contributed by atoms with E-state index in [2.05, 4.69) is 191 Å². The van der Waals surface area contributed by atoms with Gasteiger partial charge < -0.3 is 4.57 Å². The third kappa shape index (κ3) is 5.46. The van der Waals surface area contributed by atoms with Gasteiger partial charge in [-0.05, 0) is 69.3 Å². The number of hydrogen-bond donors (Lipinski definition) is 0. The van der Waals surface area contributed by atoms with E-state index in [9.17, 15) is 0 Å². The lowest BCUT2D eigenvalue weighted by Gasteiger charge is -2.16. The second-order valence-electron chi connectivity index (χ2n) is 16.3. The monoisotopic (exact) mass is 803 g/mol. The van der Waals surface area contributed by atoms with Gasteiger partial charge in [-0.15, -0.1) is 0 Å². The van der Waals surface area contributed by atoms with Crippen LogP contribution in [0.5, 0.6) is 0 Å². The number of nitrogens with zero attached hydrogens (tertiary/aromatic N) is 5. The second-order valence-corrected chi connectivity index (χ2v) is 16.3. The molecule has 13 rings (SSSR count). The fraction of sp³-hybridized carbons (Fsp3) is 0.0172. The molecule has 5 heteroatoms. The zero-order chi connectivity index (χ0) is 41.4. The Morgan fingerprint density at radius 1 is 0.365 bits per heavy atom. The van der Waals surface area contributed by atoms with Crippen LogP contribution in [0.3, 0.4) is 0 Å². The van der Waals surface area contributed by atoms with Gasteiger partial charge in [0.05, 0.1) is 22.1 Å². The summed E-state index contributed by atoms with van der Waals surface area (Å²) in [5.74, 6) is 2.01. The highest BCUT2D eigenvalue weighted by Gasteiger charge is 2.32. The van der Waals surface area contributed by atoms with Gasteiger partial charge >= 0.3 is 0 Å². The molecule has 0 aliphatic heterocycles.